The Kier molecular flexibility index (Phi) is 16.3. The molecule has 0 radical (unpaired) electrons. The molecule has 1 saturated heterocycles. The van der Waals surface area contributed by atoms with Crippen LogP contribution in [0.2, 0.25) is 0 Å². The van der Waals surface area contributed by atoms with Crippen molar-refractivity contribution >= 4 is 0 Å². The number of nitrogens with two attached hydrogens (primary N) is 2. The first-order valence-electron chi connectivity index (χ1n) is 7.63. The molecule has 0 spiro atoms. The monoisotopic (exact) mass is 282 g/mol. The first-order chi connectivity index (χ1) is 9.60. The Morgan fingerprint density at radius 1 is 0.900 bits per heavy atom. The molecule has 0 aromatic carbocycles. The van der Waals surface area contributed by atoms with Gasteiger partial charge >= 0.3 is 0 Å². The van der Waals surface area contributed by atoms with Crippen LogP contribution in [-0.2, 0) is 0 Å². The predicted molar refractivity (Wildman–Crippen MR) is 83.0 cm³/mol. The summed E-state index contributed by atoms with van der Waals surface area (Å²) in [6.07, 6.45) is 14.1. The fraction of sp³-hybridized carbons (Fsp3) is 0.867. The molecule has 1 aliphatic rings. The van der Waals surface area contributed by atoms with Gasteiger partial charge in [-0.25, -0.2) is 0 Å². The molecule has 0 unspecified atom stereocenters. The van der Waals surface area contributed by atoms with Crippen molar-refractivity contribution in [3.63, 3.8) is 0 Å². The minimum Gasteiger partial charge on any atom is -0.337 e. The van der Waals surface area contributed by atoms with Crippen molar-refractivity contribution in [2.75, 3.05) is 26.7 Å². The van der Waals surface area contributed by atoms with E-state index in [1.165, 1.54) is 87.9 Å². The Morgan fingerprint density at radius 2 is 1.30 bits per heavy atom. The summed E-state index contributed by atoms with van der Waals surface area (Å²) in [6, 6.07) is 0. The van der Waals surface area contributed by atoms with Crippen molar-refractivity contribution in [1.29, 1.82) is 10.5 Å². The van der Waals surface area contributed by atoms with Crippen LogP contribution in [0, 0.1) is 22.9 Å². The molecule has 1 aliphatic heterocycles. The number of nitriles is 2. The van der Waals surface area contributed by atoms with Gasteiger partial charge < -0.3 is 16.0 Å². The zero-order chi connectivity index (χ0) is 15.7. The normalized spacial score (nSPS) is 14.8. The van der Waals surface area contributed by atoms with E-state index >= 15 is 0 Å². The zero-order valence-electron chi connectivity index (χ0n) is 13.3. The van der Waals surface area contributed by atoms with Crippen molar-refractivity contribution in [3.05, 3.63) is 0 Å². The Bertz CT molecular complexity index is 259. The first-order valence-corrected chi connectivity index (χ1v) is 7.63. The zero-order valence-corrected chi connectivity index (χ0v) is 13.3. The molecule has 0 atom stereocenters. The van der Waals surface area contributed by atoms with Crippen molar-refractivity contribution in [3.8, 4) is 12.4 Å². The maximum absolute atomic E-state index is 7.10. The van der Waals surface area contributed by atoms with Gasteiger partial charge in [0.1, 0.15) is 0 Å². The minimum atomic E-state index is 1.25. The lowest BCUT2D eigenvalue weighted by atomic mass is 10.1. The smallest absolute Gasteiger partial charge is 0.173 e. The van der Waals surface area contributed by atoms with E-state index in [2.05, 4.69) is 25.4 Å². The second kappa shape index (κ2) is 15.6. The number of nitrogens with zero attached hydrogens (tertiary/aromatic N) is 3. The van der Waals surface area contributed by atoms with Crippen LogP contribution in [0.25, 0.3) is 0 Å². The lowest BCUT2D eigenvalue weighted by molar-refractivity contribution is -0.897. The third-order valence-corrected chi connectivity index (χ3v) is 3.70. The van der Waals surface area contributed by atoms with E-state index < -0.39 is 0 Å². The van der Waals surface area contributed by atoms with E-state index in [-0.39, 0.29) is 0 Å². The van der Waals surface area contributed by atoms with Crippen LogP contribution < -0.4 is 11.5 Å². The van der Waals surface area contributed by atoms with E-state index in [0.29, 0.717) is 0 Å². The maximum atomic E-state index is 7.10. The average Bonchev–Trinajstić information content (AvgIpc) is 2.83. The Labute approximate surface area is 124 Å². The van der Waals surface area contributed by atoms with Gasteiger partial charge in [-0.2, -0.15) is 10.5 Å². The number of hydrogen-bond donors (Lipinski definition) is 2. The number of unbranched alkanes of at least 4 members (excludes halogenated alkanes) is 5. The number of likely N-dealkylation sites (tertiary alicyclic amines) is 1. The quantitative estimate of drug-likeness (QED) is 0.324. The molecule has 4 N–H and O–H groups in total. The van der Waals surface area contributed by atoms with Crippen LogP contribution in [0.5, 0.6) is 0 Å². The number of quaternary nitrogens is 1. The highest BCUT2D eigenvalue weighted by atomic mass is 15.3. The molecule has 0 aliphatic carbocycles. The average molecular weight is 282 g/mol. The van der Waals surface area contributed by atoms with Gasteiger partial charge in [0.25, 0.3) is 0 Å². The van der Waals surface area contributed by atoms with Gasteiger partial charge in [-0.3, -0.25) is 0 Å². The highest BCUT2D eigenvalue weighted by molar-refractivity contribution is 4.52. The number of rotatable bonds is 7. The molecule has 116 valence electrons. The second-order valence-corrected chi connectivity index (χ2v) is 5.52. The molecule has 1 heterocycles. The van der Waals surface area contributed by atoms with Crippen LogP contribution in [0.3, 0.4) is 0 Å². The largest absolute Gasteiger partial charge is 0.337 e. The third kappa shape index (κ3) is 14.6. The minimum absolute atomic E-state index is 1.25. The van der Waals surface area contributed by atoms with E-state index in [1.807, 2.05) is 0 Å². The molecule has 0 saturated carbocycles. The van der Waals surface area contributed by atoms with Crippen molar-refractivity contribution < 1.29 is 4.48 Å². The molecule has 0 amide bonds. The standard InChI is InChI=1S/C13H28N.2CH2N2/c1-3-4-5-6-7-8-11-14(2)12-9-10-13-14;2*2-1-3/h3-13H2,1-2H3;2*2H2/q+1;;. The van der Waals surface area contributed by atoms with E-state index in [9.17, 15) is 0 Å². The molecule has 0 aromatic heterocycles. The topological polar surface area (TPSA) is 99.6 Å². The highest BCUT2D eigenvalue weighted by Crippen LogP contribution is 2.17. The van der Waals surface area contributed by atoms with Crippen molar-refractivity contribution in [1.82, 2.24) is 0 Å². The van der Waals surface area contributed by atoms with Crippen LogP contribution in [-0.4, -0.2) is 31.2 Å². The Balaban J connectivity index is 0. The van der Waals surface area contributed by atoms with Gasteiger partial charge in [0.05, 0.1) is 26.7 Å². The van der Waals surface area contributed by atoms with Gasteiger partial charge in [0.2, 0.25) is 0 Å². The molecule has 5 nitrogen and oxygen atoms in total. The fourth-order valence-corrected chi connectivity index (χ4v) is 2.60. The molecular weight excluding hydrogens is 250 g/mol. The van der Waals surface area contributed by atoms with Gasteiger partial charge in [-0.05, 0) is 12.8 Å². The molecule has 1 fully saturated rings. The molecule has 20 heavy (non-hydrogen) atoms. The summed E-state index contributed by atoms with van der Waals surface area (Å²) < 4.78 is 1.37. The summed E-state index contributed by atoms with van der Waals surface area (Å²) in [5, 5.41) is 14.2. The third-order valence-electron chi connectivity index (χ3n) is 3.70. The SMILES string of the molecule is CCCCCCCC[N+]1(C)CCCC1.N#CN.N#CN. The summed E-state index contributed by atoms with van der Waals surface area (Å²) in [7, 11) is 2.44. The lowest BCUT2D eigenvalue weighted by Gasteiger charge is -2.29. The molecule has 0 bridgehead atoms. The maximum Gasteiger partial charge on any atom is 0.173 e. The van der Waals surface area contributed by atoms with Gasteiger partial charge in [0.15, 0.2) is 12.4 Å². The van der Waals surface area contributed by atoms with Gasteiger partial charge in [0, 0.05) is 12.8 Å². The van der Waals surface area contributed by atoms with Crippen molar-refractivity contribution in [2.24, 2.45) is 11.5 Å². The predicted octanol–water partition coefficient (Wildman–Crippen LogP) is 2.44. The summed E-state index contributed by atoms with van der Waals surface area (Å²) in [5.74, 6) is 0. The van der Waals surface area contributed by atoms with Crippen molar-refractivity contribution in [2.45, 2.75) is 58.3 Å². The first kappa shape index (κ1) is 20.8. The summed E-state index contributed by atoms with van der Waals surface area (Å²) in [4.78, 5) is 0. The van der Waals surface area contributed by atoms with Gasteiger partial charge in [-0.1, -0.05) is 32.6 Å². The fourth-order valence-electron chi connectivity index (χ4n) is 2.60. The summed E-state index contributed by atoms with van der Waals surface area (Å²) in [6.45, 7) is 6.60. The number of hydrogen-bond acceptors (Lipinski definition) is 4. The molecule has 0 aromatic rings. The summed E-state index contributed by atoms with van der Waals surface area (Å²) >= 11 is 0. The van der Waals surface area contributed by atoms with E-state index in [4.69, 9.17) is 10.5 Å². The van der Waals surface area contributed by atoms with Crippen LogP contribution in [0.4, 0.5) is 0 Å². The van der Waals surface area contributed by atoms with E-state index in [0.717, 1.165) is 0 Å². The van der Waals surface area contributed by atoms with E-state index in [1.54, 1.807) is 0 Å². The molecule has 5 heteroatoms. The summed E-state index contributed by atoms with van der Waals surface area (Å²) in [5.41, 5.74) is 8.31. The molecular formula is C15H32N5+. The highest BCUT2D eigenvalue weighted by Gasteiger charge is 2.25. The van der Waals surface area contributed by atoms with Crippen LogP contribution in [0.15, 0.2) is 0 Å². The Hall–Kier alpha value is -1.46. The molecule has 1 rings (SSSR count). The Morgan fingerprint density at radius 3 is 1.75 bits per heavy atom. The lowest BCUT2D eigenvalue weighted by Crippen LogP contribution is -2.41. The van der Waals surface area contributed by atoms with Crippen LogP contribution >= 0.6 is 0 Å². The second-order valence-electron chi connectivity index (χ2n) is 5.52. The van der Waals surface area contributed by atoms with Gasteiger partial charge in [-0.15, -0.1) is 0 Å². The van der Waals surface area contributed by atoms with Crippen LogP contribution in [0.1, 0.15) is 58.3 Å².